The summed E-state index contributed by atoms with van der Waals surface area (Å²) in [7, 11) is 0. The third kappa shape index (κ3) is 1.65. The van der Waals surface area contributed by atoms with Crippen molar-refractivity contribution in [2.45, 2.75) is 27.7 Å². The molecule has 0 unspecified atom stereocenters. The highest BCUT2D eigenvalue weighted by Gasteiger charge is 2.20. The van der Waals surface area contributed by atoms with Gasteiger partial charge in [0.05, 0.1) is 0 Å². The van der Waals surface area contributed by atoms with E-state index in [4.69, 9.17) is 9.47 Å². The van der Waals surface area contributed by atoms with Gasteiger partial charge in [-0.15, -0.1) is 0 Å². The maximum Gasteiger partial charge on any atom is 0.170 e. The van der Waals surface area contributed by atoms with Crippen molar-refractivity contribution < 1.29 is 9.47 Å². The van der Waals surface area contributed by atoms with Crippen LogP contribution in [0, 0.1) is 27.7 Å². The summed E-state index contributed by atoms with van der Waals surface area (Å²) in [6.07, 6.45) is 0. The first-order valence-corrected chi connectivity index (χ1v) is 6.13. The van der Waals surface area contributed by atoms with Crippen molar-refractivity contribution in [3.63, 3.8) is 0 Å². The van der Waals surface area contributed by atoms with Gasteiger partial charge in [0.1, 0.15) is 0 Å². The number of fused-ring (bicyclic) bond motifs is 2. The van der Waals surface area contributed by atoms with E-state index in [1.807, 2.05) is 24.3 Å². The zero-order valence-corrected chi connectivity index (χ0v) is 11.1. The Bertz CT molecular complexity index is 531. The predicted molar refractivity (Wildman–Crippen MR) is 72.0 cm³/mol. The highest BCUT2D eigenvalue weighted by atomic mass is 16.6. The van der Waals surface area contributed by atoms with Crippen LogP contribution in [0.5, 0.6) is 23.0 Å². The van der Waals surface area contributed by atoms with Crippen LogP contribution in [0.1, 0.15) is 22.3 Å². The zero-order valence-electron chi connectivity index (χ0n) is 11.1. The highest BCUT2D eigenvalue weighted by Crippen LogP contribution is 2.46. The number of hydrogen-bond donors (Lipinski definition) is 0. The quantitative estimate of drug-likeness (QED) is 0.561. The van der Waals surface area contributed by atoms with Crippen LogP contribution in [0.4, 0.5) is 0 Å². The molecule has 2 nitrogen and oxygen atoms in total. The first-order chi connectivity index (χ1) is 8.54. The molecule has 0 saturated heterocycles. The van der Waals surface area contributed by atoms with Gasteiger partial charge in [0, 0.05) is 0 Å². The van der Waals surface area contributed by atoms with E-state index in [-0.39, 0.29) is 0 Å². The summed E-state index contributed by atoms with van der Waals surface area (Å²) < 4.78 is 11.8. The Hall–Kier alpha value is -1.96. The molecule has 18 heavy (non-hydrogen) atoms. The van der Waals surface area contributed by atoms with Crippen LogP contribution >= 0.6 is 0 Å². The van der Waals surface area contributed by atoms with E-state index in [0.717, 1.165) is 23.0 Å². The summed E-state index contributed by atoms with van der Waals surface area (Å²) in [5.41, 5.74) is 4.85. The molecule has 0 fully saturated rings. The molecule has 0 amide bonds. The lowest BCUT2D eigenvalue weighted by molar-refractivity contribution is 0.358. The van der Waals surface area contributed by atoms with E-state index < -0.39 is 0 Å². The fraction of sp³-hybridized carbons (Fsp3) is 0.250. The number of ether oxygens (including phenoxy) is 2. The zero-order chi connectivity index (χ0) is 12.9. The molecular weight excluding hydrogens is 224 g/mol. The first-order valence-electron chi connectivity index (χ1n) is 6.13. The van der Waals surface area contributed by atoms with Gasteiger partial charge in [-0.3, -0.25) is 0 Å². The molecule has 1 aliphatic heterocycles. The van der Waals surface area contributed by atoms with Crippen molar-refractivity contribution in [3.8, 4) is 23.0 Å². The second kappa shape index (κ2) is 3.77. The Labute approximate surface area is 107 Å². The van der Waals surface area contributed by atoms with E-state index >= 15 is 0 Å². The Morgan fingerprint density at radius 1 is 0.500 bits per heavy atom. The van der Waals surface area contributed by atoms with Crippen molar-refractivity contribution in [1.29, 1.82) is 0 Å². The smallest absolute Gasteiger partial charge is 0.170 e. The maximum atomic E-state index is 5.92. The lowest BCUT2D eigenvalue weighted by Crippen LogP contribution is -2.01. The van der Waals surface area contributed by atoms with Crippen LogP contribution < -0.4 is 9.47 Å². The van der Waals surface area contributed by atoms with Crippen molar-refractivity contribution in [2.75, 3.05) is 0 Å². The molecule has 0 spiro atoms. The van der Waals surface area contributed by atoms with E-state index in [1.54, 1.807) is 0 Å². The van der Waals surface area contributed by atoms with Gasteiger partial charge >= 0.3 is 0 Å². The summed E-state index contributed by atoms with van der Waals surface area (Å²) in [4.78, 5) is 0. The Morgan fingerprint density at radius 2 is 0.722 bits per heavy atom. The molecule has 0 aromatic heterocycles. The normalized spacial score (nSPS) is 12.2. The Balaban J connectivity index is 2.12. The Kier molecular flexibility index (Phi) is 2.34. The van der Waals surface area contributed by atoms with Crippen LogP contribution in [0.25, 0.3) is 0 Å². The fourth-order valence-corrected chi connectivity index (χ4v) is 2.08. The van der Waals surface area contributed by atoms with Gasteiger partial charge in [-0.1, -0.05) is 0 Å². The molecule has 2 aromatic carbocycles. The van der Waals surface area contributed by atoms with Crippen molar-refractivity contribution in [1.82, 2.24) is 0 Å². The summed E-state index contributed by atoms with van der Waals surface area (Å²) in [6.45, 7) is 8.31. The van der Waals surface area contributed by atoms with Gasteiger partial charge in [0.15, 0.2) is 23.0 Å². The number of aryl methyl sites for hydroxylation is 4. The van der Waals surface area contributed by atoms with E-state index in [1.165, 1.54) is 22.3 Å². The standard InChI is InChI=1S/C16H16O2/c1-9-5-13-14(6-10(9)2)18-16-8-12(4)11(3)7-15(16)17-13/h5-8H,1-4H3. The predicted octanol–water partition coefficient (Wildman–Crippen LogP) is 4.82. The summed E-state index contributed by atoms with van der Waals surface area (Å²) in [5.74, 6) is 3.20. The lowest BCUT2D eigenvalue weighted by Gasteiger charge is -2.22. The second-order valence-electron chi connectivity index (χ2n) is 4.97. The van der Waals surface area contributed by atoms with Gasteiger partial charge in [-0.2, -0.15) is 0 Å². The van der Waals surface area contributed by atoms with Crippen LogP contribution in [0.2, 0.25) is 0 Å². The molecule has 92 valence electrons. The van der Waals surface area contributed by atoms with Crippen LogP contribution in [-0.4, -0.2) is 0 Å². The second-order valence-corrected chi connectivity index (χ2v) is 4.97. The topological polar surface area (TPSA) is 18.5 Å². The molecule has 1 aliphatic rings. The maximum absolute atomic E-state index is 5.92. The average Bonchev–Trinajstić information content (AvgIpc) is 2.31. The number of hydrogen-bond acceptors (Lipinski definition) is 2. The minimum Gasteiger partial charge on any atom is -0.449 e. The molecular formula is C16H16O2. The number of benzene rings is 2. The molecule has 0 saturated carbocycles. The van der Waals surface area contributed by atoms with E-state index in [2.05, 4.69) is 27.7 Å². The van der Waals surface area contributed by atoms with Gasteiger partial charge in [-0.05, 0) is 74.2 Å². The molecule has 0 aliphatic carbocycles. The summed E-state index contributed by atoms with van der Waals surface area (Å²) in [5, 5.41) is 0. The molecule has 0 N–H and O–H groups in total. The molecule has 0 bridgehead atoms. The van der Waals surface area contributed by atoms with Crippen LogP contribution in [-0.2, 0) is 0 Å². The monoisotopic (exact) mass is 240 g/mol. The van der Waals surface area contributed by atoms with Gasteiger partial charge in [0.25, 0.3) is 0 Å². The van der Waals surface area contributed by atoms with E-state index in [0.29, 0.717) is 0 Å². The van der Waals surface area contributed by atoms with Crippen LogP contribution in [0.3, 0.4) is 0 Å². The fourth-order valence-electron chi connectivity index (χ4n) is 2.08. The highest BCUT2D eigenvalue weighted by molar-refractivity contribution is 5.58. The molecule has 2 heteroatoms. The minimum atomic E-state index is 0.800. The van der Waals surface area contributed by atoms with Gasteiger partial charge in [-0.25, -0.2) is 0 Å². The average molecular weight is 240 g/mol. The minimum absolute atomic E-state index is 0.800. The summed E-state index contributed by atoms with van der Waals surface area (Å²) >= 11 is 0. The van der Waals surface area contributed by atoms with Crippen molar-refractivity contribution >= 4 is 0 Å². The van der Waals surface area contributed by atoms with Crippen molar-refractivity contribution in [2.24, 2.45) is 0 Å². The SMILES string of the molecule is Cc1cc2c(cc1C)Oc1cc(C)c(C)cc1O2. The van der Waals surface area contributed by atoms with E-state index in [9.17, 15) is 0 Å². The Morgan fingerprint density at radius 3 is 0.944 bits per heavy atom. The molecule has 1 heterocycles. The molecule has 3 rings (SSSR count). The van der Waals surface area contributed by atoms with Gasteiger partial charge < -0.3 is 9.47 Å². The third-order valence-corrected chi connectivity index (χ3v) is 3.56. The van der Waals surface area contributed by atoms with Crippen LogP contribution in [0.15, 0.2) is 24.3 Å². The first kappa shape index (κ1) is 11.1. The molecule has 0 radical (unpaired) electrons. The lowest BCUT2D eigenvalue weighted by atomic mass is 10.1. The molecule has 0 atom stereocenters. The van der Waals surface area contributed by atoms with Crippen molar-refractivity contribution in [3.05, 3.63) is 46.5 Å². The number of rotatable bonds is 0. The third-order valence-electron chi connectivity index (χ3n) is 3.56. The van der Waals surface area contributed by atoms with Gasteiger partial charge in [0.2, 0.25) is 0 Å². The summed E-state index contributed by atoms with van der Waals surface area (Å²) in [6, 6.07) is 8.12. The molecule has 2 aromatic rings. The largest absolute Gasteiger partial charge is 0.449 e.